The van der Waals surface area contributed by atoms with E-state index in [9.17, 15) is 13.2 Å². The van der Waals surface area contributed by atoms with E-state index in [-0.39, 0.29) is 0 Å². The average Bonchev–Trinajstić information content (AvgIpc) is 2.56. The van der Waals surface area contributed by atoms with Gasteiger partial charge in [0.1, 0.15) is 0 Å². The Labute approximate surface area is 148 Å². The van der Waals surface area contributed by atoms with Crippen molar-refractivity contribution in [2.24, 2.45) is 4.99 Å². The second kappa shape index (κ2) is 11.0. The summed E-state index contributed by atoms with van der Waals surface area (Å²) in [5.41, 5.74) is 0.178. The zero-order chi connectivity index (χ0) is 18.7. The number of benzene rings is 1. The summed E-state index contributed by atoms with van der Waals surface area (Å²) in [5.74, 6) is 0.758. The second-order valence-corrected chi connectivity index (χ2v) is 5.84. The van der Waals surface area contributed by atoms with Crippen molar-refractivity contribution in [1.29, 1.82) is 0 Å². The summed E-state index contributed by atoms with van der Waals surface area (Å²) >= 11 is 0. The fraction of sp³-hybridized carbons (Fsp3) is 0.611. The van der Waals surface area contributed by atoms with Gasteiger partial charge in [-0.05, 0) is 43.9 Å². The number of unbranched alkanes of at least 4 members (excludes halogenated alkanes) is 2. The molecular formula is C18H28F3N3O. The predicted molar refractivity (Wildman–Crippen MR) is 94.6 cm³/mol. The molecule has 0 spiro atoms. The zero-order valence-corrected chi connectivity index (χ0v) is 15.2. The van der Waals surface area contributed by atoms with Gasteiger partial charge in [0.2, 0.25) is 0 Å². The van der Waals surface area contributed by atoms with Crippen LogP contribution in [-0.2, 0) is 17.5 Å². The maximum atomic E-state index is 12.6. The smallest absolute Gasteiger partial charge is 0.385 e. The summed E-state index contributed by atoms with van der Waals surface area (Å²) < 4.78 is 42.9. The van der Waals surface area contributed by atoms with Crippen molar-refractivity contribution in [3.63, 3.8) is 0 Å². The molecule has 0 aliphatic rings. The van der Waals surface area contributed by atoms with Crippen molar-refractivity contribution in [1.82, 2.24) is 10.2 Å². The van der Waals surface area contributed by atoms with Gasteiger partial charge in [-0.3, -0.25) is 4.99 Å². The first-order valence-corrected chi connectivity index (χ1v) is 8.53. The van der Waals surface area contributed by atoms with Gasteiger partial charge in [0.05, 0.1) is 5.56 Å². The minimum atomic E-state index is -4.30. The maximum absolute atomic E-state index is 12.6. The van der Waals surface area contributed by atoms with Gasteiger partial charge in [0, 0.05) is 40.4 Å². The first-order chi connectivity index (χ1) is 11.9. The average molecular weight is 359 g/mol. The molecular weight excluding hydrogens is 331 g/mol. The van der Waals surface area contributed by atoms with Gasteiger partial charge in [-0.1, -0.05) is 12.1 Å². The lowest BCUT2D eigenvalue weighted by atomic mass is 10.1. The van der Waals surface area contributed by atoms with Crippen LogP contribution in [0.2, 0.25) is 0 Å². The van der Waals surface area contributed by atoms with Gasteiger partial charge in [-0.2, -0.15) is 13.2 Å². The molecule has 4 nitrogen and oxygen atoms in total. The molecule has 0 fully saturated rings. The molecule has 0 radical (unpaired) electrons. The largest absolute Gasteiger partial charge is 0.416 e. The summed E-state index contributed by atoms with van der Waals surface area (Å²) in [6.07, 6.45) is -1.25. The Hall–Kier alpha value is -1.76. The molecule has 0 saturated carbocycles. The normalized spacial score (nSPS) is 12.3. The lowest BCUT2D eigenvalue weighted by molar-refractivity contribution is -0.137. The number of nitrogens with zero attached hydrogens (tertiary/aromatic N) is 2. The van der Waals surface area contributed by atoms with Crippen molar-refractivity contribution in [2.75, 3.05) is 33.9 Å². The van der Waals surface area contributed by atoms with E-state index in [1.807, 2.05) is 18.9 Å². The highest BCUT2D eigenvalue weighted by Crippen LogP contribution is 2.29. The van der Waals surface area contributed by atoms with E-state index in [1.165, 1.54) is 12.1 Å². The number of ether oxygens (including phenoxy) is 1. The van der Waals surface area contributed by atoms with Gasteiger partial charge >= 0.3 is 6.18 Å². The molecule has 0 saturated heterocycles. The van der Waals surface area contributed by atoms with E-state index < -0.39 is 11.7 Å². The van der Waals surface area contributed by atoms with Crippen LogP contribution < -0.4 is 5.32 Å². The first-order valence-electron chi connectivity index (χ1n) is 8.53. The van der Waals surface area contributed by atoms with Crippen LogP contribution in [0.4, 0.5) is 13.2 Å². The number of hydrogen-bond donors (Lipinski definition) is 1. The summed E-state index contributed by atoms with van der Waals surface area (Å²) in [5, 5.41) is 3.21. The highest BCUT2D eigenvalue weighted by Gasteiger charge is 2.29. The van der Waals surface area contributed by atoms with Gasteiger partial charge in [-0.25, -0.2) is 0 Å². The molecule has 7 heteroatoms. The van der Waals surface area contributed by atoms with Crippen LogP contribution in [0.1, 0.15) is 37.3 Å². The molecule has 0 bridgehead atoms. The van der Waals surface area contributed by atoms with Gasteiger partial charge in [0.25, 0.3) is 0 Å². The minimum absolute atomic E-state index is 0.494. The molecule has 0 aliphatic carbocycles. The Balaban J connectivity index is 2.58. The first kappa shape index (κ1) is 21.3. The van der Waals surface area contributed by atoms with Crippen molar-refractivity contribution in [3.05, 3.63) is 35.4 Å². The molecule has 0 unspecified atom stereocenters. The van der Waals surface area contributed by atoms with Crippen molar-refractivity contribution in [3.8, 4) is 0 Å². The Morgan fingerprint density at radius 1 is 1.16 bits per heavy atom. The van der Waals surface area contributed by atoms with Gasteiger partial charge < -0.3 is 15.0 Å². The second-order valence-electron chi connectivity index (χ2n) is 5.84. The Morgan fingerprint density at radius 3 is 2.40 bits per heavy atom. The van der Waals surface area contributed by atoms with Crippen LogP contribution in [0, 0.1) is 0 Å². The SMILES string of the molecule is CCNC(=NCCCCCOC)N(C)Cc1ccc(C(F)(F)F)cc1. The molecule has 25 heavy (non-hydrogen) atoms. The lowest BCUT2D eigenvalue weighted by Gasteiger charge is -2.22. The number of aliphatic imine (C=N–C) groups is 1. The maximum Gasteiger partial charge on any atom is 0.416 e. The molecule has 0 aromatic heterocycles. The molecule has 0 amide bonds. The van der Waals surface area contributed by atoms with Crippen LogP contribution in [0.5, 0.6) is 0 Å². The van der Waals surface area contributed by atoms with E-state index in [2.05, 4.69) is 10.3 Å². The molecule has 0 atom stereocenters. The minimum Gasteiger partial charge on any atom is -0.385 e. The molecule has 1 aromatic carbocycles. The van der Waals surface area contributed by atoms with E-state index >= 15 is 0 Å². The molecule has 0 aliphatic heterocycles. The third-order valence-electron chi connectivity index (χ3n) is 3.67. The van der Waals surface area contributed by atoms with Crippen LogP contribution in [-0.4, -0.2) is 44.7 Å². The van der Waals surface area contributed by atoms with E-state index in [0.29, 0.717) is 13.1 Å². The standard InChI is InChI=1S/C18H28F3N3O/c1-4-22-17(23-12-6-5-7-13-25-3)24(2)14-15-8-10-16(11-9-15)18(19,20)21/h8-11H,4-7,12-14H2,1-3H3,(H,22,23). The number of methoxy groups -OCH3 is 1. The number of nitrogens with one attached hydrogen (secondary N) is 1. The molecule has 1 rings (SSSR count). The Morgan fingerprint density at radius 2 is 1.84 bits per heavy atom. The third kappa shape index (κ3) is 8.25. The summed E-state index contributed by atoms with van der Waals surface area (Å²) in [6, 6.07) is 5.24. The van der Waals surface area contributed by atoms with Crippen molar-refractivity contribution in [2.45, 2.75) is 38.9 Å². The number of hydrogen-bond acceptors (Lipinski definition) is 2. The number of rotatable bonds is 9. The van der Waals surface area contributed by atoms with E-state index in [0.717, 1.165) is 56.1 Å². The van der Waals surface area contributed by atoms with E-state index in [1.54, 1.807) is 7.11 Å². The van der Waals surface area contributed by atoms with Gasteiger partial charge in [0.15, 0.2) is 5.96 Å². The fourth-order valence-electron chi connectivity index (χ4n) is 2.34. The summed E-state index contributed by atoms with van der Waals surface area (Å²) in [4.78, 5) is 6.49. The summed E-state index contributed by atoms with van der Waals surface area (Å²) in [7, 11) is 3.57. The molecule has 142 valence electrons. The molecule has 0 heterocycles. The lowest BCUT2D eigenvalue weighted by Crippen LogP contribution is -2.38. The predicted octanol–water partition coefficient (Wildman–Crippen LogP) is 3.92. The Kier molecular flexibility index (Phi) is 9.34. The monoisotopic (exact) mass is 359 g/mol. The fourth-order valence-corrected chi connectivity index (χ4v) is 2.34. The summed E-state index contributed by atoms with van der Waals surface area (Å²) in [6.45, 7) is 4.69. The van der Waals surface area contributed by atoms with Crippen LogP contribution >= 0.6 is 0 Å². The van der Waals surface area contributed by atoms with E-state index in [4.69, 9.17) is 4.74 Å². The Bertz CT molecular complexity index is 515. The topological polar surface area (TPSA) is 36.9 Å². The van der Waals surface area contributed by atoms with Crippen LogP contribution in [0.15, 0.2) is 29.3 Å². The quantitative estimate of drug-likeness (QED) is 0.412. The zero-order valence-electron chi connectivity index (χ0n) is 15.2. The highest BCUT2D eigenvalue weighted by molar-refractivity contribution is 5.79. The molecule has 1 aromatic rings. The molecule has 1 N–H and O–H groups in total. The van der Waals surface area contributed by atoms with Crippen LogP contribution in [0.3, 0.4) is 0 Å². The van der Waals surface area contributed by atoms with Crippen LogP contribution in [0.25, 0.3) is 0 Å². The third-order valence-corrected chi connectivity index (χ3v) is 3.67. The number of guanidine groups is 1. The highest BCUT2D eigenvalue weighted by atomic mass is 19.4. The van der Waals surface area contributed by atoms with Crippen molar-refractivity contribution < 1.29 is 17.9 Å². The number of halogens is 3. The van der Waals surface area contributed by atoms with Crippen molar-refractivity contribution >= 4 is 5.96 Å². The number of alkyl halides is 3. The van der Waals surface area contributed by atoms with Gasteiger partial charge in [-0.15, -0.1) is 0 Å².